The molecule has 0 atom stereocenters. The van der Waals surface area contributed by atoms with Crippen LogP contribution in [0.25, 0.3) is 0 Å². The van der Waals surface area contributed by atoms with Gasteiger partial charge in [0.2, 0.25) is 0 Å². The Balaban J connectivity index is 1.47. The topological polar surface area (TPSA) is 69.2 Å². The summed E-state index contributed by atoms with van der Waals surface area (Å²) >= 11 is 5.91. The normalized spacial score (nSPS) is 10.6. The lowest BCUT2D eigenvalue weighted by Crippen LogP contribution is -2.17. The van der Waals surface area contributed by atoms with Gasteiger partial charge in [0.1, 0.15) is 17.2 Å². The van der Waals surface area contributed by atoms with Crippen molar-refractivity contribution < 1.29 is 19.0 Å². The molecule has 0 aliphatic heterocycles. The summed E-state index contributed by atoms with van der Waals surface area (Å²) in [6, 6.07) is 21.6. The van der Waals surface area contributed by atoms with Gasteiger partial charge in [-0.15, -0.1) is 0 Å². The molecule has 0 aliphatic carbocycles. The number of halogens is 1. The Morgan fingerprint density at radius 2 is 1.74 bits per heavy atom. The number of carbonyl (C=O) groups is 1. The number of ether oxygens (including phenoxy) is 3. The maximum Gasteiger partial charge on any atom is 0.271 e. The Labute approximate surface area is 186 Å². The molecule has 1 N–H and O–H groups in total. The minimum Gasteiger partial charge on any atom is -0.497 e. The van der Waals surface area contributed by atoms with E-state index in [9.17, 15) is 4.79 Å². The monoisotopic (exact) mass is 438 g/mol. The second-order valence-corrected chi connectivity index (χ2v) is 6.91. The number of hydrogen-bond acceptors (Lipinski definition) is 5. The molecule has 0 saturated heterocycles. The molecule has 7 heteroatoms. The quantitative estimate of drug-likeness (QED) is 0.276. The summed E-state index contributed by atoms with van der Waals surface area (Å²) in [5, 5.41) is 4.52. The van der Waals surface area contributed by atoms with Crippen molar-refractivity contribution >= 4 is 23.7 Å². The fourth-order valence-electron chi connectivity index (χ4n) is 2.70. The van der Waals surface area contributed by atoms with Crippen LogP contribution in [0.3, 0.4) is 0 Å². The van der Waals surface area contributed by atoms with Gasteiger partial charge in [0.25, 0.3) is 5.91 Å². The second-order valence-electron chi connectivity index (χ2n) is 6.48. The van der Waals surface area contributed by atoms with Crippen LogP contribution < -0.4 is 19.6 Å². The van der Waals surface area contributed by atoms with Gasteiger partial charge in [-0.1, -0.05) is 35.9 Å². The van der Waals surface area contributed by atoms with Crippen LogP contribution in [0, 0.1) is 0 Å². The second kappa shape index (κ2) is 11.6. The first-order valence-corrected chi connectivity index (χ1v) is 10.1. The predicted octanol–water partition coefficient (Wildman–Crippen LogP) is 4.96. The van der Waals surface area contributed by atoms with E-state index in [0.29, 0.717) is 36.0 Å². The minimum absolute atomic E-state index is 0.341. The molecule has 0 radical (unpaired) electrons. The molecule has 6 nitrogen and oxygen atoms in total. The van der Waals surface area contributed by atoms with Crippen molar-refractivity contribution in [3.8, 4) is 17.2 Å². The number of hydrazone groups is 1. The average Bonchev–Trinajstić information content (AvgIpc) is 2.80. The highest BCUT2D eigenvalue weighted by Crippen LogP contribution is 2.19. The van der Waals surface area contributed by atoms with Crippen LogP contribution in [-0.2, 0) is 0 Å². The average molecular weight is 439 g/mol. The number of nitrogens with one attached hydrogen (secondary N) is 1. The van der Waals surface area contributed by atoms with E-state index in [-0.39, 0.29) is 5.91 Å². The summed E-state index contributed by atoms with van der Waals surface area (Å²) in [4.78, 5) is 12.1. The van der Waals surface area contributed by atoms with Crippen molar-refractivity contribution in [3.63, 3.8) is 0 Å². The van der Waals surface area contributed by atoms with Crippen molar-refractivity contribution in [2.45, 2.75) is 6.42 Å². The predicted molar refractivity (Wildman–Crippen MR) is 122 cm³/mol. The molecule has 0 unspecified atom stereocenters. The fourth-order valence-corrected chi connectivity index (χ4v) is 2.89. The summed E-state index contributed by atoms with van der Waals surface area (Å²) in [6.45, 7) is 0.989. The molecule has 0 saturated carbocycles. The molecule has 0 fully saturated rings. The Kier molecular flexibility index (Phi) is 8.31. The largest absolute Gasteiger partial charge is 0.497 e. The molecule has 1 amide bonds. The van der Waals surface area contributed by atoms with Gasteiger partial charge in [-0.2, -0.15) is 5.10 Å². The SMILES string of the molecule is COc1cccc(OCCCOc2ccccc2C=NNC(=O)c2cccc(Cl)c2)c1. The van der Waals surface area contributed by atoms with Crippen molar-refractivity contribution in [3.05, 3.63) is 88.9 Å². The minimum atomic E-state index is -0.341. The molecule has 160 valence electrons. The standard InChI is InChI=1S/C24H23ClN2O4/c1-29-21-10-5-11-22(16-21)30-13-6-14-31-23-12-3-2-7-19(23)17-26-27-24(28)18-8-4-9-20(25)15-18/h2-5,7-12,15-17H,6,13-14H2,1H3,(H,27,28). The van der Waals surface area contributed by atoms with E-state index in [1.54, 1.807) is 37.6 Å². The van der Waals surface area contributed by atoms with E-state index in [0.717, 1.165) is 17.1 Å². The van der Waals surface area contributed by atoms with E-state index >= 15 is 0 Å². The van der Waals surface area contributed by atoms with Crippen LogP contribution in [0.4, 0.5) is 0 Å². The molecule has 0 heterocycles. The first kappa shape index (κ1) is 22.2. The fraction of sp³-hybridized carbons (Fsp3) is 0.167. The summed E-state index contributed by atoms with van der Waals surface area (Å²) in [5.74, 6) is 1.84. The number of amides is 1. The third-order valence-electron chi connectivity index (χ3n) is 4.23. The molecule has 0 spiro atoms. The number of carbonyl (C=O) groups excluding carboxylic acids is 1. The zero-order chi connectivity index (χ0) is 21.9. The lowest BCUT2D eigenvalue weighted by Gasteiger charge is -2.10. The number of nitrogens with zero attached hydrogens (tertiary/aromatic N) is 1. The van der Waals surface area contributed by atoms with Gasteiger partial charge in [-0.3, -0.25) is 4.79 Å². The van der Waals surface area contributed by atoms with Gasteiger partial charge in [0, 0.05) is 28.6 Å². The summed E-state index contributed by atoms with van der Waals surface area (Å²) in [6.07, 6.45) is 2.25. The van der Waals surface area contributed by atoms with E-state index in [1.807, 2.05) is 48.5 Å². The van der Waals surface area contributed by atoms with Crippen LogP contribution in [0.2, 0.25) is 5.02 Å². The molecule has 0 bridgehead atoms. The third-order valence-corrected chi connectivity index (χ3v) is 4.47. The van der Waals surface area contributed by atoms with Gasteiger partial charge in [-0.25, -0.2) is 5.43 Å². The van der Waals surface area contributed by atoms with E-state index in [2.05, 4.69) is 10.5 Å². The maximum absolute atomic E-state index is 12.1. The maximum atomic E-state index is 12.1. The highest BCUT2D eigenvalue weighted by atomic mass is 35.5. The zero-order valence-electron chi connectivity index (χ0n) is 17.1. The Bertz CT molecular complexity index is 1040. The number of rotatable bonds is 10. The van der Waals surface area contributed by atoms with E-state index in [4.69, 9.17) is 25.8 Å². The highest BCUT2D eigenvalue weighted by molar-refractivity contribution is 6.30. The summed E-state index contributed by atoms with van der Waals surface area (Å²) < 4.78 is 16.7. The molecule has 3 rings (SSSR count). The third kappa shape index (κ3) is 7.04. The van der Waals surface area contributed by atoms with Gasteiger partial charge in [0.15, 0.2) is 0 Å². The Hall–Kier alpha value is -3.51. The summed E-state index contributed by atoms with van der Waals surface area (Å²) in [5.41, 5.74) is 3.68. The van der Waals surface area contributed by atoms with Crippen molar-refractivity contribution in [1.29, 1.82) is 0 Å². The van der Waals surface area contributed by atoms with Crippen LogP contribution in [0.1, 0.15) is 22.3 Å². The lowest BCUT2D eigenvalue weighted by molar-refractivity contribution is 0.0955. The van der Waals surface area contributed by atoms with Crippen molar-refractivity contribution in [2.75, 3.05) is 20.3 Å². The molecule has 0 aromatic heterocycles. The molecule has 31 heavy (non-hydrogen) atoms. The molecule has 3 aromatic rings. The number of benzene rings is 3. The van der Waals surface area contributed by atoms with E-state index in [1.165, 1.54) is 0 Å². The number of para-hydroxylation sites is 1. The molecular formula is C24H23ClN2O4. The van der Waals surface area contributed by atoms with Gasteiger partial charge >= 0.3 is 0 Å². The Morgan fingerprint density at radius 1 is 0.968 bits per heavy atom. The van der Waals surface area contributed by atoms with Crippen LogP contribution in [-0.4, -0.2) is 32.4 Å². The molecule has 3 aromatic carbocycles. The lowest BCUT2D eigenvalue weighted by atomic mass is 10.2. The molecule has 0 aliphatic rings. The molecular weight excluding hydrogens is 416 g/mol. The summed E-state index contributed by atoms with van der Waals surface area (Å²) in [7, 11) is 1.62. The first-order valence-electron chi connectivity index (χ1n) is 9.73. The first-order chi connectivity index (χ1) is 15.2. The van der Waals surface area contributed by atoms with Gasteiger partial charge in [-0.05, 0) is 42.5 Å². The Morgan fingerprint density at radius 3 is 2.58 bits per heavy atom. The highest BCUT2D eigenvalue weighted by Gasteiger charge is 2.05. The van der Waals surface area contributed by atoms with Gasteiger partial charge < -0.3 is 14.2 Å². The number of hydrogen-bond donors (Lipinski definition) is 1. The van der Waals surface area contributed by atoms with Crippen molar-refractivity contribution in [2.24, 2.45) is 5.10 Å². The zero-order valence-corrected chi connectivity index (χ0v) is 17.8. The number of methoxy groups -OCH3 is 1. The van der Waals surface area contributed by atoms with Crippen molar-refractivity contribution in [1.82, 2.24) is 5.43 Å². The van der Waals surface area contributed by atoms with E-state index < -0.39 is 0 Å². The van der Waals surface area contributed by atoms with Gasteiger partial charge in [0.05, 0.1) is 26.5 Å². The van der Waals surface area contributed by atoms with Crippen LogP contribution >= 0.6 is 11.6 Å². The van der Waals surface area contributed by atoms with Crippen LogP contribution in [0.5, 0.6) is 17.2 Å². The van der Waals surface area contributed by atoms with Crippen LogP contribution in [0.15, 0.2) is 77.9 Å². The smallest absolute Gasteiger partial charge is 0.271 e.